The predicted octanol–water partition coefficient (Wildman–Crippen LogP) is 6.40. The number of halogens is 3. The normalized spacial score (nSPS) is 19.3. The molecule has 9 nitrogen and oxygen atoms in total. The van der Waals surface area contributed by atoms with Gasteiger partial charge in [0.15, 0.2) is 10.7 Å². The molecule has 1 saturated heterocycles. The summed E-state index contributed by atoms with van der Waals surface area (Å²) in [6.45, 7) is 5.84. The van der Waals surface area contributed by atoms with Crippen molar-refractivity contribution in [2.75, 3.05) is 21.5 Å². The standard InChI is InChI=1S/C28H29F3N6O3S3/c1-28(2,3)26-36-23(24(41-26)21-10-13-33-27(35-21)34-16-11-14-42(32,38)15-12-16)17-6-4-9-20(22(17)31)37-43(39,40)25-18(29)7-5-8-19(25)30/h4-10,13,16,32,37H,11-12,14-15H2,1-3H3,(H,33,34,35). The molecule has 0 bridgehead atoms. The molecule has 1 aliphatic heterocycles. The van der Waals surface area contributed by atoms with E-state index in [1.165, 1.54) is 23.5 Å². The zero-order valence-corrected chi connectivity index (χ0v) is 25.9. The summed E-state index contributed by atoms with van der Waals surface area (Å²) in [4.78, 5) is 13.0. The van der Waals surface area contributed by atoms with Crippen LogP contribution in [-0.4, -0.2) is 45.1 Å². The van der Waals surface area contributed by atoms with Gasteiger partial charge < -0.3 is 5.32 Å². The van der Waals surface area contributed by atoms with Crippen molar-refractivity contribution in [1.82, 2.24) is 15.0 Å². The molecule has 15 heteroatoms. The highest BCUT2D eigenvalue weighted by molar-refractivity contribution is 7.92. The summed E-state index contributed by atoms with van der Waals surface area (Å²) in [5.41, 5.74) is -0.317. The first-order chi connectivity index (χ1) is 20.1. The summed E-state index contributed by atoms with van der Waals surface area (Å²) in [5.74, 6) is -2.71. The summed E-state index contributed by atoms with van der Waals surface area (Å²) >= 11 is 1.30. The number of hydrogen-bond acceptors (Lipinski definition) is 9. The van der Waals surface area contributed by atoms with E-state index in [1.54, 1.807) is 12.3 Å². The van der Waals surface area contributed by atoms with E-state index >= 15 is 4.39 Å². The predicted molar refractivity (Wildman–Crippen MR) is 162 cm³/mol. The van der Waals surface area contributed by atoms with E-state index in [-0.39, 0.29) is 17.3 Å². The number of aromatic nitrogens is 3. The Morgan fingerprint density at radius 2 is 1.65 bits per heavy atom. The first-order valence-corrected chi connectivity index (χ1v) is 17.5. The summed E-state index contributed by atoms with van der Waals surface area (Å²) in [5, 5.41) is 3.91. The van der Waals surface area contributed by atoms with Crippen molar-refractivity contribution in [3.63, 3.8) is 0 Å². The first-order valence-electron chi connectivity index (χ1n) is 13.3. The number of hydrogen-bond donors (Lipinski definition) is 3. The fourth-order valence-corrected chi connectivity index (χ4v) is 8.36. The van der Waals surface area contributed by atoms with Crippen molar-refractivity contribution in [3.05, 3.63) is 71.1 Å². The van der Waals surface area contributed by atoms with Crippen molar-refractivity contribution in [1.29, 1.82) is 4.78 Å². The van der Waals surface area contributed by atoms with Gasteiger partial charge in [-0.1, -0.05) is 32.9 Å². The van der Waals surface area contributed by atoms with E-state index in [9.17, 15) is 21.4 Å². The molecular weight excluding hydrogens is 622 g/mol. The van der Waals surface area contributed by atoms with E-state index in [0.717, 1.165) is 24.3 Å². The fourth-order valence-electron chi connectivity index (χ4n) is 4.52. The van der Waals surface area contributed by atoms with Gasteiger partial charge in [-0.3, -0.25) is 9.50 Å². The molecular formula is C28H29F3N6O3S3. The molecule has 2 aromatic heterocycles. The highest BCUT2D eigenvalue weighted by Crippen LogP contribution is 2.42. The molecule has 0 spiro atoms. The van der Waals surface area contributed by atoms with Crippen molar-refractivity contribution >= 4 is 42.7 Å². The molecule has 228 valence electrons. The SMILES string of the molecule is CC(C)(C)c1nc(-c2cccc(NS(=O)(=O)c3c(F)cccc3F)c2F)c(-c2ccnc(NC3CCS(=N)(=O)CC3)n2)s1. The third kappa shape index (κ3) is 6.68. The second kappa shape index (κ2) is 11.5. The van der Waals surface area contributed by atoms with Crippen molar-refractivity contribution < 1.29 is 25.8 Å². The third-order valence-electron chi connectivity index (χ3n) is 6.77. The van der Waals surface area contributed by atoms with Gasteiger partial charge in [0.1, 0.15) is 11.6 Å². The van der Waals surface area contributed by atoms with Gasteiger partial charge >= 0.3 is 0 Å². The van der Waals surface area contributed by atoms with Crippen LogP contribution in [0.25, 0.3) is 21.8 Å². The number of nitrogens with zero attached hydrogens (tertiary/aromatic N) is 3. The zero-order valence-electron chi connectivity index (χ0n) is 23.4. The lowest BCUT2D eigenvalue weighted by Crippen LogP contribution is -2.32. The Bertz CT molecular complexity index is 1870. The Morgan fingerprint density at radius 3 is 2.30 bits per heavy atom. The molecule has 3 N–H and O–H groups in total. The lowest BCUT2D eigenvalue weighted by Gasteiger charge is -2.24. The quantitative estimate of drug-likeness (QED) is 0.210. The van der Waals surface area contributed by atoms with Gasteiger partial charge in [0.25, 0.3) is 10.0 Å². The Kier molecular flexibility index (Phi) is 8.26. The minimum Gasteiger partial charge on any atom is -0.351 e. The zero-order chi connectivity index (χ0) is 31.2. The maximum Gasteiger partial charge on any atom is 0.267 e. The highest BCUT2D eigenvalue weighted by atomic mass is 32.2. The van der Waals surface area contributed by atoms with Gasteiger partial charge in [-0.25, -0.2) is 40.7 Å². The van der Waals surface area contributed by atoms with Crippen LogP contribution in [-0.2, 0) is 25.2 Å². The smallest absolute Gasteiger partial charge is 0.267 e. The molecule has 0 saturated carbocycles. The van der Waals surface area contributed by atoms with Crippen molar-refractivity contribution in [3.8, 4) is 21.8 Å². The molecule has 5 rings (SSSR count). The molecule has 0 radical (unpaired) electrons. The molecule has 0 atom stereocenters. The van der Waals surface area contributed by atoms with Crippen molar-refractivity contribution in [2.45, 2.75) is 50.0 Å². The van der Waals surface area contributed by atoms with E-state index in [4.69, 9.17) is 9.76 Å². The van der Waals surface area contributed by atoms with E-state index in [0.29, 0.717) is 45.9 Å². The Hall–Kier alpha value is -3.56. The average molecular weight is 651 g/mol. The minimum absolute atomic E-state index is 0.0402. The summed E-state index contributed by atoms with van der Waals surface area (Å²) in [6.07, 6.45) is 2.63. The van der Waals surface area contributed by atoms with Gasteiger partial charge in [0, 0.05) is 44.5 Å². The minimum atomic E-state index is -4.82. The maximum absolute atomic E-state index is 16.0. The van der Waals surface area contributed by atoms with Gasteiger partial charge in [-0.15, -0.1) is 11.3 Å². The summed E-state index contributed by atoms with van der Waals surface area (Å²) < 4.78 is 92.1. The molecule has 2 aromatic carbocycles. The number of benzene rings is 2. The Balaban J connectivity index is 1.54. The van der Waals surface area contributed by atoms with Crippen LogP contribution in [0, 0.1) is 22.2 Å². The van der Waals surface area contributed by atoms with Crippen LogP contribution in [0.3, 0.4) is 0 Å². The van der Waals surface area contributed by atoms with Gasteiger partial charge in [0.05, 0.1) is 27.0 Å². The second-order valence-corrected chi connectivity index (χ2v) is 16.2. The number of nitrogens with one attached hydrogen (secondary N) is 3. The van der Waals surface area contributed by atoms with Crippen molar-refractivity contribution in [2.24, 2.45) is 0 Å². The van der Waals surface area contributed by atoms with Gasteiger partial charge in [-0.05, 0) is 43.2 Å². The van der Waals surface area contributed by atoms with Crippen LogP contribution in [0.4, 0.5) is 24.8 Å². The van der Waals surface area contributed by atoms with Crippen LogP contribution >= 0.6 is 11.3 Å². The Morgan fingerprint density at radius 1 is 1.00 bits per heavy atom. The fraction of sp³-hybridized carbons (Fsp3) is 0.321. The first kappa shape index (κ1) is 30.9. The molecule has 0 unspecified atom stereocenters. The lowest BCUT2D eigenvalue weighted by atomic mass is 9.98. The topological polar surface area (TPSA) is 138 Å². The van der Waals surface area contributed by atoms with Crippen LogP contribution in [0.5, 0.6) is 0 Å². The lowest BCUT2D eigenvalue weighted by molar-refractivity contribution is 0.521. The largest absolute Gasteiger partial charge is 0.351 e. The second-order valence-electron chi connectivity index (χ2n) is 11.2. The molecule has 0 amide bonds. The highest BCUT2D eigenvalue weighted by Gasteiger charge is 2.29. The van der Waals surface area contributed by atoms with Crippen LogP contribution in [0.15, 0.2) is 53.6 Å². The summed E-state index contributed by atoms with van der Waals surface area (Å²) in [6, 6.07) is 8.22. The maximum atomic E-state index is 16.0. The summed E-state index contributed by atoms with van der Waals surface area (Å²) in [7, 11) is -7.37. The third-order valence-corrected chi connectivity index (χ3v) is 11.5. The number of anilines is 2. The molecule has 3 heterocycles. The molecule has 43 heavy (non-hydrogen) atoms. The van der Waals surface area contributed by atoms with E-state index in [1.807, 2.05) is 25.5 Å². The number of rotatable bonds is 7. The van der Waals surface area contributed by atoms with Crippen LogP contribution in [0.2, 0.25) is 0 Å². The average Bonchev–Trinajstić information content (AvgIpc) is 3.37. The van der Waals surface area contributed by atoms with E-state index < -0.39 is 53.2 Å². The van der Waals surface area contributed by atoms with Gasteiger partial charge in [0.2, 0.25) is 5.95 Å². The van der Waals surface area contributed by atoms with E-state index in [2.05, 4.69) is 15.3 Å². The number of sulfonamides is 1. The Labute approximate surface area is 252 Å². The molecule has 1 aliphatic rings. The molecule has 4 aromatic rings. The van der Waals surface area contributed by atoms with Gasteiger partial charge in [-0.2, -0.15) is 0 Å². The van der Waals surface area contributed by atoms with Crippen LogP contribution in [0.1, 0.15) is 38.6 Å². The van der Waals surface area contributed by atoms with Crippen LogP contribution < -0.4 is 10.0 Å². The number of thiazole rings is 1. The molecule has 0 aliphatic carbocycles. The molecule has 1 fully saturated rings. The monoisotopic (exact) mass is 650 g/mol.